The summed E-state index contributed by atoms with van der Waals surface area (Å²) in [6.07, 6.45) is 3.06. The zero-order chi connectivity index (χ0) is 35.1. The average molecular weight is 791 g/mol. The molecule has 6 rings (SSSR count). The van der Waals surface area contributed by atoms with Crippen LogP contribution in [0.2, 0.25) is 17.3 Å². The number of aryl methyl sites for hydroxylation is 3. The summed E-state index contributed by atoms with van der Waals surface area (Å²) in [5.74, 6) is 8.20. The summed E-state index contributed by atoms with van der Waals surface area (Å²) >= 11 is -0.296. The number of hydrogen-bond acceptors (Lipinski definition) is 4. The van der Waals surface area contributed by atoms with E-state index in [1.807, 2.05) is 42.6 Å². The molecule has 0 unspecified atom stereocenters. The molecule has 1 aliphatic rings. The molecule has 0 fully saturated rings. The molecular weight excluding hydrogens is 749 g/mol. The van der Waals surface area contributed by atoms with E-state index in [4.69, 9.17) is 17.1 Å². The molecule has 0 amide bonds. The van der Waals surface area contributed by atoms with Crippen LogP contribution < -0.4 is 9.13 Å². The predicted octanol–water partition coefficient (Wildman–Crippen LogP) is 8.82. The fourth-order valence-corrected chi connectivity index (χ4v) is 7.00. The van der Waals surface area contributed by atoms with Crippen LogP contribution in [0.1, 0.15) is 29.0 Å². The standard InChI is InChI=1S/C19H14NOS.C15H18GeN.Ir/c1-12-10-15(20-11-13(12)2)14-6-5-9-18-19(14)21-16-7-3-4-8-17(16)22-18;1-12-5-7-13(8-6-12)15-10-9-14(11-17-15)16(2,3)4;/h3-5,7-11H,1-2H3;5-7,9-11H,1-4H3;/q2*-1;/i1D3,2D3;1D3;. The fraction of sp³-hybridized carbons (Fsp3) is 0.176. The number of pyridine rings is 2. The van der Waals surface area contributed by atoms with E-state index >= 15 is 0 Å². The summed E-state index contributed by atoms with van der Waals surface area (Å²) < 4.78 is 75.5. The van der Waals surface area contributed by atoms with Crippen LogP contribution in [-0.2, 0) is 20.1 Å². The third-order valence-corrected chi connectivity index (χ3v) is 11.4. The summed E-state index contributed by atoms with van der Waals surface area (Å²) in [7, 11) is 0. The van der Waals surface area contributed by atoms with Crippen molar-refractivity contribution in [3.63, 3.8) is 0 Å². The number of aromatic nitrogens is 2. The first-order valence-electron chi connectivity index (χ1n) is 16.8. The molecule has 0 atom stereocenters. The zero-order valence-electron chi connectivity index (χ0n) is 31.1. The molecule has 1 radical (unpaired) electrons. The second kappa shape index (κ2) is 12.9. The number of hydrogen-bond donors (Lipinski definition) is 0. The van der Waals surface area contributed by atoms with Crippen molar-refractivity contribution in [2.24, 2.45) is 0 Å². The Kier molecular flexibility index (Phi) is 6.50. The minimum absolute atomic E-state index is 0. The van der Waals surface area contributed by atoms with Crippen LogP contribution in [0.15, 0.2) is 95.0 Å². The minimum atomic E-state index is -2.58. The average Bonchev–Trinajstić information content (AvgIpc) is 3.02. The molecule has 0 aliphatic carbocycles. The Bertz CT molecular complexity index is 1870. The monoisotopic (exact) mass is 792 g/mol. The van der Waals surface area contributed by atoms with Gasteiger partial charge in [0.1, 0.15) is 5.75 Å². The van der Waals surface area contributed by atoms with Gasteiger partial charge < -0.3 is 9.72 Å². The molecule has 0 bridgehead atoms. The van der Waals surface area contributed by atoms with Gasteiger partial charge in [0.2, 0.25) is 0 Å². The van der Waals surface area contributed by atoms with E-state index in [1.165, 1.54) is 28.3 Å². The van der Waals surface area contributed by atoms with Crippen LogP contribution in [0.4, 0.5) is 0 Å². The predicted molar refractivity (Wildman–Crippen MR) is 165 cm³/mol. The maximum Gasteiger partial charge on any atom is 0.128 e. The normalized spacial score (nSPS) is 15.9. The van der Waals surface area contributed by atoms with Gasteiger partial charge in [-0.05, 0) is 42.0 Å². The molecule has 3 aromatic carbocycles. The smallest absolute Gasteiger partial charge is 0.128 e. The van der Waals surface area contributed by atoms with Crippen molar-refractivity contribution in [3.8, 4) is 34.0 Å². The van der Waals surface area contributed by atoms with Crippen LogP contribution in [0.25, 0.3) is 22.5 Å². The van der Waals surface area contributed by atoms with Gasteiger partial charge in [0.15, 0.2) is 0 Å². The molecule has 5 aromatic rings. The first kappa shape index (κ1) is 20.2. The summed E-state index contributed by atoms with van der Waals surface area (Å²) in [5, 5.41) is 0. The van der Waals surface area contributed by atoms with Crippen LogP contribution in [-0.4, -0.2) is 23.2 Å². The van der Waals surface area contributed by atoms with Crippen molar-refractivity contribution in [2.75, 3.05) is 0 Å². The number of benzene rings is 3. The molecule has 1 aliphatic heterocycles. The van der Waals surface area contributed by atoms with Crippen molar-refractivity contribution < 1.29 is 37.2 Å². The number of ether oxygens (including phenoxy) is 1. The number of para-hydroxylation sites is 1. The van der Waals surface area contributed by atoms with Crippen LogP contribution in [0, 0.1) is 32.7 Å². The van der Waals surface area contributed by atoms with E-state index < -0.39 is 33.8 Å². The molecule has 3 nitrogen and oxygen atoms in total. The fourth-order valence-electron chi connectivity index (χ4n) is 3.86. The van der Waals surface area contributed by atoms with Gasteiger partial charge in [0, 0.05) is 34.5 Å². The largest absolute Gasteiger partial charge is 0.499 e. The van der Waals surface area contributed by atoms with E-state index in [9.17, 15) is 0 Å². The van der Waals surface area contributed by atoms with E-state index in [0.29, 0.717) is 28.3 Å². The Morgan fingerprint density at radius 2 is 1.65 bits per heavy atom. The molecule has 0 N–H and O–H groups in total. The first-order valence-corrected chi connectivity index (χ1v) is 20.5. The number of rotatable bonds is 3. The Labute approximate surface area is 271 Å². The van der Waals surface area contributed by atoms with E-state index in [0.717, 1.165) is 27.2 Å². The Hall–Kier alpha value is -2.70. The Morgan fingerprint density at radius 1 is 0.825 bits per heavy atom. The summed E-state index contributed by atoms with van der Waals surface area (Å²) in [5.41, 5.74) is 2.23. The van der Waals surface area contributed by atoms with Crippen LogP contribution in [0.3, 0.4) is 0 Å². The van der Waals surface area contributed by atoms with Crippen molar-refractivity contribution in [1.82, 2.24) is 9.97 Å². The topological polar surface area (TPSA) is 35.0 Å². The molecular formula is C34H32GeIrN2OS-2. The summed E-state index contributed by atoms with van der Waals surface area (Å²) in [4.78, 5) is 10.5. The van der Waals surface area contributed by atoms with Gasteiger partial charge in [-0.25, -0.2) is 0 Å². The second-order valence-electron chi connectivity index (χ2n) is 9.99. The Morgan fingerprint density at radius 3 is 2.35 bits per heavy atom. The molecule has 2 aromatic heterocycles. The van der Waals surface area contributed by atoms with Gasteiger partial charge in [-0.2, -0.15) is 0 Å². The van der Waals surface area contributed by atoms with E-state index in [2.05, 4.69) is 45.4 Å². The van der Waals surface area contributed by atoms with E-state index in [1.54, 1.807) is 18.2 Å². The van der Waals surface area contributed by atoms with Crippen LogP contribution >= 0.6 is 11.8 Å². The number of fused-ring (bicyclic) bond motifs is 2. The third kappa shape index (κ3) is 6.95. The minimum Gasteiger partial charge on any atom is -0.499 e. The molecule has 6 heteroatoms. The van der Waals surface area contributed by atoms with Crippen molar-refractivity contribution >= 4 is 29.4 Å². The Balaban J connectivity index is 0.000000229. The van der Waals surface area contributed by atoms with Gasteiger partial charge in [0.25, 0.3) is 0 Å². The quantitative estimate of drug-likeness (QED) is 0.133. The van der Waals surface area contributed by atoms with Crippen molar-refractivity contribution in [3.05, 3.63) is 114 Å². The van der Waals surface area contributed by atoms with Crippen molar-refractivity contribution in [2.45, 2.75) is 47.6 Å². The second-order valence-corrected chi connectivity index (χ2v) is 21.7. The molecule has 0 spiro atoms. The number of nitrogens with zero attached hydrogens (tertiary/aromatic N) is 2. The first-order chi connectivity index (χ1) is 22.3. The maximum absolute atomic E-state index is 7.75. The van der Waals surface area contributed by atoms with Gasteiger partial charge in [-0.15, -0.1) is 30.0 Å². The molecule has 0 saturated carbocycles. The SMILES string of the molecule is [2H]C([2H])([2H])c1c[c-]c(-c2cc[c]([Ge]([CH3])([CH3])[CH3])cn2)cc1.[2H]C([2H])([2H])c1cnc(-c2[c-]ccc3c2Oc2ccccc2S3)cc1C([2H])([2H])[2H].[Ir]. The van der Waals surface area contributed by atoms with E-state index in [-0.39, 0.29) is 31.2 Å². The van der Waals surface area contributed by atoms with Gasteiger partial charge in [0.05, 0.1) is 10.6 Å². The maximum atomic E-state index is 7.75. The molecule has 0 saturated heterocycles. The van der Waals surface area contributed by atoms with Gasteiger partial charge in [-0.3, -0.25) is 0 Å². The van der Waals surface area contributed by atoms with Gasteiger partial charge in [-0.1, -0.05) is 29.3 Å². The zero-order valence-corrected chi connectivity index (χ0v) is 27.4. The van der Waals surface area contributed by atoms with Crippen molar-refractivity contribution in [1.29, 1.82) is 0 Å². The third-order valence-electron chi connectivity index (χ3n) is 6.07. The van der Waals surface area contributed by atoms with Gasteiger partial charge >= 0.3 is 110 Å². The molecule has 40 heavy (non-hydrogen) atoms. The summed E-state index contributed by atoms with van der Waals surface area (Å²) in [6, 6.07) is 27.6. The molecule has 205 valence electrons. The van der Waals surface area contributed by atoms with Crippen LogP contribution in [0.5, 0.6) is 11.5 Å². The molecule has 3 heterocycles. The summed E-state index contributed by atoms with van der Waals surface area (Å²) in [6.45, 7) is -7.23.